The molecule has 2 heterocycles. The van der Waals surface area contributed by atoms with E-state index >= 15 is 0 Å². The lowest BCUT2D eigenvalue weighted by Gasteiger charge is -2.34. The van der Waals surface area contributed by atoms with E-state index in [4.69, 9.17) is 9.47 Å². The molecular weight excluding hydrogens is 456 g/mol. The van der Waals surface area contributed by atoms with E-state index in [-0.39, 0.29) is 24.5 Å². The van der Waals surface area contributed by atoms with E-state index in [0.29, 0.717) is 16.8 Å². The van der Waals surface area contributed by atoms with Gasteiger partial charge in [0, 0.05) is 11.1 Å². The molecule has 1 N–H and O–H groups in total. The molecule has 0 saturated heterocycles. The van der Waals surface area contributed by atoms with Gasteiger partial charge in [-0.1, -0.05) is 0 Å². The summed E-state index contributed by atoms with van der Waals surface area (Å²) in [6, 6.07) is 5.88. The molecule has 0 atom stereocenters. The zero-order valence-electron chi connectivity index (χ0n) is 20.9. The van der Waals surface area contributed by atoms with Crippen LogP contribution in [0.2, 0.25) is 0 Å². The second kappa shape index (κ2) is 9.40. The third-order valence-corrected chi connectivity index (χ3v) is 5.41. The van der Waals surface area contributed by atoms with Crippen LogP contribution in [0.25, 0.3) is 0 Å². The van der Waals surface area contributed by atoms with E-state index in [9.17, 15) is 19.2 Å². The minimum atomic E-state index is -0.984. The lowest BCUT2D eigenvalue weighted by Crippen LogP contribution is -2.44. The summed E-state index contributed by atoms with van der Waals surface area (Å²) < 4.78 is 16.4. The number of hydrogen-bond donors (Lipinski definition) is 1. The van der Waals surface area contributed by atoms with Crippen LogP contribution < -0.4 is 5.32 Å². The molecule has 0 bridgehead atoms. The average molecular weight is 487 g/mol. The molecular formula is C24H30N4O7. The SMILES string of the molecule is CCOC(=O)n1nc(NC(=O)c2ccc(C(=O)OC)cc2)c2c1C(C)(C)N(C(=O)OC(C)(C)C)C2. The molecule has 1 aliphatic heterocycles. The maximum absolute atomic E-state index is 12.9. The van der Waals surface area contributed by atoms with Gasteiger partial charge in [0.25, 0.3) is 5.91 Å². The lowest BCUT2D eigenvalue weighted by molar-refractivity contribution is 0.00386. The minimum absolute atomic E-state index is 0.0630. The normalized spacial score (nSPS) is 14.2. The average Bonchev–Trinajstić information content (AvgIpc) is 3.27. The van der Waals surface area contributed by atoms with Crippen molar-refractivity contribution in [1.29, 1.82) is 0 Å². The van der Waals surface area contributed by atoms with Crippen LogP contribution in [-0.2, 0) is 26.3 Å². The number of carbonyl (C=O) groups excluding carboxylic acids is 4. The number of benzene rings is 1. The van der Waals surface area contributed by atoms with Crippen LogP contribution in [0.3, 0.4) is 0 Å². The van der Waals surface area contributed by atoms with Crippen molar-refractivity contribution in [2.75, 3.05) is 19.0 Å². The summed E-state index contributed by atoms with van der Waals surface area (Å²) in [6.45, 7) is 10.7. The highest BCUT2D eigenvalue weighted by Gasteiger charge is 2.48. The number of aromatic nitrogens is 2. The van der Waals surface area contributed by atoms with E-state index in [1.807, 2.05) is 0 Å². The smallest absolute Gasteiger partial charge is 0.435 e. The Morgan fingerprint density at radius 1 is 1.06 bits per heavy atom. The molecule has 188 valence electrons. The molecule has 0 saturated carbocycles. The lowest BCUT2D eigenvalue weighted by atomic mass is 10.0. The maximum atomic E-state index is 12.9. The molecule has 11 heteroatoms. The molecule has 35 heavy (non-hydrogen) atoms. The number of methoxy groups -OCH3 is 1. The number of anilines is 1. The number of amides is 2. The van der Waals surface area contributed by atoms with Gasteiger partial charge in [0.2, 0.25) is 0 Å². The Kier molecular flexibility index (Phi) is 6.91. The van der Waals surface area contributed by atoms with Crippen molar-refractivity contribution < 1.29 is 33.4 Å². The number of rotatable bonds is 4. The number of carbonyl (C=O) groups is 4. The first-order valence-corrected chi connectivity index (χ1v) is 11.1. The first-order chi connectivity index (χ1) is 16.3. The van der Waals surface area contributed by atoms with Crippen LogP contribution >= 0.6 is 0 Å². The predicted octanol–water partition coefficient (Wildman–Crippen LogP) is 3.91. The molecule has 2 aromatic rings. The van der Waals surface area contributed by atoms with E-state index < -0.39 is 35.2 Å². The number of hydrogen-bond acceptors (Lipinski definition) is 8. The molecule has 3 rings (SSSR count). The summed E-state index contributed by atoms with van der Waals surface area (Å²) in [5.41, 5.74) is -0.235. The fraction of sp³-hybridized carbons (Fsp3) is 0.458. The summed E-state index contributed by atoms with van der Waals surface area (Å²) in [5, 5.41) is 7.01. The fourth-order valence-corrected chi connectivity index (χ4v) is 3.79. The van der Waals surface area contributed by atoms with E-state index in [0.717, 1.165) is 4.68 Å². The Morgan fingerprint density at radius 3 is 2.20 bits per heavy atom. The van der Waals surface area contributed by atoms with Crippen LogP contribution in [0.5, 0.6) is 0 Å². The second-order valence-electron chi connectivity index (χ2n) is 9.44. The van der Waals surface area contributed by atoms with Crippen LogP contribution in [-0.4, -0.2) is 58.1 Å². The van der Waals surface area contributed by atoms with Crippen LogP contribution in [0.4, 0.5) is 15.4 Å². The number of ether oxygens (including phenoxy) is 3. The van der Waals surface area contributed by atoms with Gasteiger partial charge in [-0.05, 0) is 65.8 Å². The van der Waals surface area contributed by atoms with Gasteiger partial charge in [-0.15, -0.1) is 5.10 Å². The largest absolute Gasteiger partial charge is 0.465 e. The molecule has 0 aliphatic carbocycles. The summed E-state index contributed by atoms with van der Waals surface area (Å²) in [7, 11) is 1.27. The van der Waals surface area contributed by atoms with Gasteiger partial charge in [0.05, 0.1) is 37.1 Å². The van der Waals surface area contributed by atoms with Gasteiger partial charge in [0.1, 0.15) is 5.60 Å². The van der Waals surface area contributed by atoms with E-state index in [2.05, 4.69) is 15.2 Å². The molecule has 0 spiro atoms. The van der Waals surface area contributed by atoms with Crippen molar-refractivity contribution in [3.05, 3.63) is 46.6 Å². The number of fused-ring (bicyclic) bond motifs is 1. The number of nitrogens with one attached hydrogen (secondary N) is 1. The van der Waals surface area contributed by atoms with Crippen LogP contribution in [0.15, 0.2) is 24.3 Å². The number of nitrogens with zero attached hydrogens (tertiary/aromatic N) is 3. The fourth-order valence-electron chi connectivity index (χ4n) is 3.79. The molecule has 1 aliphatic rings. The first kappa shape index (κ1) is 25.7. The van der Waals surface area contributed by atoms with Crippen molar-refractivity contribution in [1.82, 2.24) is 14.7 Å². The van der Waals surface area contributed by atoms with Crippen molar-refractivity contribution in [2.45, 2.75) is 59.2 Å². The third-order valence-electron chi connectivity index (χ3n) is 5.41. The highest BCUT2D eigenvalue weighted by atomic mass is 16.6. The number of esters is 1. The van der Waals surface area contributed by atoms with Gasteiger partial charge in [-0.2, -0.15) is 4.68 Å². The predicted molar refractivity (Wildman–Crippen MR) is 125 cm³/mol. The minimum Gasteiger partial charge on any atom is -0.465 e. The Morgan fingerprint density at radius 2 is 1.66 bits per heavy atom. The quantitative estimate of drug-likeness (QED) is 0.509. The Bertz CT molecular complexity index is 1160. The molecule has 11 nitrogen and oxygen atoms in total. The zero-order chi connectivity index (χ0) is 26.1. The summed E-state index contributed by atoms with van der Waals surface area (Å²) in [6.07, 6.45) is -1.30. The van der Waals surface area contributed by atoms with Gasteiger partial charge < -0.3 is 19.5 Å². The summed E-state index contributed by atoms with van der Waals surface area (Å²) in [4.78, 5) is 51.7. The molecule has 0 fully saturated rings. The van der Waals surface area contributed by atoms with Gasteiger partial charge in [0.15, 0.2) is 5.82 Å². The van der Waals surface area contributed by atoms with Crippen molar-refractivity contribution in [3.8, 4) is 0 Å². The molecule has 2 amide bonds. The van der Waals surface area contributed by atoms with Gasteiger partial charge in [-0.25, -0.2) is 14.4 Å². The molecule has 0 unspecified atom stereocenters. The van der Waals surface area contributed by atoms with Crippen LogP contribution in [0.1, 0.15) is 73.5 Å². The highest BCUT2D eigenvalue weighted by molar-refractivity contribution is 6.05. The Hall–Kier alpha value is -3.89. The Labute approximate surface area is 203 Å². The molecule has 1 aromatic carbocycles. The molecule has 0 radical (unpaired) electrons. The van der Waals surface area contributed by atoms with Gasteiger partial charge >= 0.3 is 18.2 Å². The van der Waals surface area contributed by atoms with Crippen LogP contribution in [0, 0.1) is 0 Å². The monoisotopic (exact) mass is 486 g/mol. The van der Waals surface area contributed by atoms with Crippen molar-refractivity contribution >= 4 is 29.9 Å². The van der Waals surface area contributed by atoms with Gasteiger partial charge in [-0.3, -0.25) is 9.69 Å². The summed E-state index contributed by atoms with van der Waals surface area (Å²) in [5.74, 6) is -0.909. The van der Waals surface area contributed by atoms with E-state index in [1.165, 1.54) is 36.3 Å². The standard InChI is InChI=1S/C24H30N4O7/c1-8-34-22(32)28-17-16(13-27(24(17,5)6)21(31)35-23(2,3)4)18(26-28)25-19(29)14-9-11-15(12-10-14)20(30)33-7/h9-12H,8,13H2,1-7H3,(H,25,26,29). The second-order valence-corrected chi connectivity index (χ2v) is 9.44. The molecule has 1 aromatic heterocycles. The zero-order valence-corrected chi connectivity index (χ0v) is 20.9. The highest BCUT2D eigenvalue weighted by Crippen LogP contribution is 2.43. The van der Waals surface area contributed by atoms with Crippen molar-refractivity contribution in [2.24, 2.45) is 0 Å². The topological polar surface area (TPSA) is 129 Å². The third kappa shape index (κ3) is 5.13. The maximum Gasteiger partial charge on any atom is 0.435 e. The first-order valence-electron chi connectivity index (χ1n) is 11.1. The Balaban J connectivity index is 1.97. The van der Waals surface area contributed by atoms with E-state index in [1.54, 1.807) is 41.5 Å². The summed E-state index contributed by atoms with van der Waals surface area (Å²) >= 11 is 0. The van der Waals surface area contributed by atoms with Crippen molar-refractivity contribution in [3.63, 3.8) is 0 Å².